The second-order valence-electron chi connectivity index (χ2n) is 4.14. The maximum atomic E-state index is 4.13. The summed E-state index contributed by atoms with van der Waals surface area (Å²) in [5.74, 6) is 0.951. The number of hydrogen-bond donors (Lipinski definition) is 2. The van der Waals surface area contributed by atoms with Gasteiger partial charge in [0, 0.05) is 20.4 Å². The van der Waals surface area contributed by atoms with Crippen molar-refractivity contribution >= 4 is 20.7 Å². The van der Waals surface area contributed by atoms with Gasteiger partial charge in [0.25, 0.3) is 0 Å². The molecule has 0 unspecified atom stereocenters. The summed E-state index contributed by atoms with van der Waals surface area (Å²) in [5, 5.41) is 3.35. The Kier molecular flexibility index (Phi) is 6.38. The fraction of sp³-hybridized carbons (Fsp3) is 1.00. The van der Waals surface area contributed by atoms with Gasteiger partial charge in [-0.15, -0.1) is 0 Å². The van der Waals surface area contributed by atoms with Crippen molar-refractivity contribution in [1.82, 2.24) is 5.32 Å². The van der Waals surface area contributed by atoms with E-state index in [1.807, 2.05) is 0 Å². The Hall–Kier alpha value is 0.527. The molecule has 0 bridgehead atoms. The van der Waals surface area contributed by atoms with Crippen LogP contribution in [-0.2, 0) is 0 Å². The lowest BCUT2D eigenvalue weighted by Crippen LogP contribution is -2.23. The van der Waals surface area contributed by atoms with Crippen LogP contribution in [0.1, 0.15) is 6.42 Å². The van der Waals surface area contributed by atoms with Crippen molar-refractivity contribution < 1.29 is 0 Å². The van der Waals surface area contributed by atoms with E-state index in [9.17, 15) is 0 Å². The zero-order chi connectivity index (χ0) is 8.74. The van der Waals surface area contributed by atoms with Gasteiger partial charge in [-0.1, -0.05) is 25.7 Å². The molecule has 0 amide bonds. The van der Waals surface area contributed by atoms with E-state index in [4.69, 9.17) is 0 Å². The van der Waals surface area contributed by atoms with Gasteiger partial charge < -0.3 is 5.32 Å². The Morgan fingerprint density at radius 1 is 1.18 bits per heavy atom. The van der Waals surface area contributed by atoms with Crippen LogP contribution in [0.25, 0.3) is 0 Å². The average molecular weight is 191 g/mol. The number of rotatable bonds is 6. The zero-order valence-electron chi connectivity index (χ0n) is 7.98. The van der Waals surface area contributed by atoms with E-state index in [1.54, 1.807) is 0 Å². The van der Waals surface area contributed by atoms with Crippen LogP contribution in [0.2, 0.25) is 25.7 Å². The lowest BCUT2D eigenvalue weighted by molar-refractivity contribution is 0.703. The van der Waals surface area contributed by atoms with Gasteiger partial charge in [0.05, 0.1) is 0 Å². The van der Waals surface area contributed by atoms with Gasteiger partial charge in [0.2, 0.25) is 0 Å². The number of hydrogen-bond acceptors (Lipinski definition) is 2. The molecule has 0 saturated carbocycles. The Morgan fingerprint density at radius 3 is 2.27 bits per heavy atom. The van der Waals surface area contributed by atoms with Crippen LogP contribution in [0.4, 0.5) is 0 Å². The van der Waals surface area contributed by atoms with Crippen LogP contribution in [-0.4, -0.2) is 26.9 Å². The second-order valence-corrected chi connectivity index (χ2v) is 10.2. The summed E-state index contributed by atoms with van der Waals surface area (Å²) in [6, 6.07) is 1.44. The first-order valence-electron chi connectivity index (χ1n) is 4.38. The van der Waals surface area contributed by atoms with Crippen molar-refractivity contribution in [3.05, 3.63) is 0 Å². The number of nitrogens with one attached hydrogen (secondary N) is 1. The molecule has 0 aromatic carbocycles. The van der Waals surface area contributed by atoms with Gasteiger partial charge >= 0.3 is 0 Å². The van der Waals surface area contributed by atoms with Crippen molar-refractivity contribution in [3.63, 3.8) is 0 Å². The molecule has 0 atom stereocenters. The minimum atomic E-state index is -0.776. The first-order valence-corrected chi connectivity index (χ1v) is 8.72. The molecule has 1 N–H and O–H groups in total. The standard InChI is InChI=1S/C8H21NSSi/c1-11(2,3)8-4-5-9-6-7-10/h9-10H,4-8H2,1-3H3. The van der Waals surface area contributed by atoms with Crippen molar-refractivity contribution in [2.75, 3.05) is 18.8 Å². The average Bonchev–Trinajstić information content (AvgIpc) is 1.85. The molecule has 0 aromatic rings. The first-order chi connectivity index (χ1) is 5.06. The van der Waals surface area contributed by atoms with E-state index in [0.29, 0.717) is 0 Å². The molecule has 0 heterocycles. The third-order valence-electron chi connectivity index (χ3n) is 1.57. The summed E-state index contributed by atoms with van der Waals surface area (Å²) in [5.41, 5.74) is 0. The lowest BCUT2D eigenvalue weighted by Gasteiger charge is -2.15. The SMILES string of the molecule is C[Si](C)(C)CCCNCCS. The van der Waals surface area contributed by atoms with E-state index in [0.717, 1.165) is 12.3 Å². The Bertz CT molecular complexity index is 90.6. The third kappa shape index (κ3) is 10.5. The molecule has 0 aliphatic rings. The van der Waals surface area contributed by atoms with Gasteiger partial charge in [-0.05, 0) is 13.0 Å². The van der Waals surface area contributed by atoms with Crippen LogP contribution in [0, 0.1) is 0 Å². The van der Waals surface area contributed by atoms with Gasteiger partial charge in [-0.25, -0.2) is 0 Å². The van der Waals surface area contributed by atoms with Crippen molar-refractivity contribution in [2.24, 2.45) is 0 Å². The minimum Gasteiger partial charge on any atom is -0.316 e. The van der Waals surface area contributed by atoms with E-state index in [2.05, 4.69) is 37.6 Å². The predicted octanol–water partition coefficient (Wildman–Crippen LogP) is 2.23. The van der Waals surface area contributed by atoms with Crippen molar-refractivity contribution in [1.29, 1.82) is 0 Å². The normalized spacial score (nSPS) is 12.0. The van der Waals surface area contributed by atoms with E-state index in [-0.39, 0.29) is 0 Å². The highest BCUT2D eigenvalue weighted by Crippen LogP contribution is 2.09. The molecule has 3 heteroatoms. The van der Waals surface area contributed by atoms with Crippen LogP contribution >= 0.6 is 12.6 Å². The highest BCUT2D eigenvalue weighted by molar-refractivity contribution is 7.80. The molecule has 68 valence electrons. The molecule has 11 heavy (non-hydrogen) atoms. The Morgan fingerprint density at radius 2 is 1.82 bits per heavy atom. The molecule has 0 aliphatic heterocycles. The van der Waals surface area contributed by atoms with Crippen LogP contribution in [0.3, 0.4) is 0 Å². The molecule has 0 spiro atoms. The smallest absolute Gasteiger partial charge is 0.0443 e. The second kappa shape index (κ2) is 6.09. The minimum absolute atomic E-state index is 0.776. The molecule has 1 nitrogen and oxygen atoms in total. The van der Waals surface area contributed by atoms with Crippen molar-refractivity contribution in [3.8, 4) is 0 Å². The summed E-state index contributed by atoms with van der Waals surface area (Å²) < 4.78 is 0. The van der Waals surface area contributed by atoms with E-state index in [1.165, 1.54) is 19.0 Å². The highest BCUT2D eigenvalue weighted by Gasteiger charge is 2.10. The maximum absolute atomic E-state index is 4.13. The topological polar surface area (TPSA) is 12.0 Å². The molecular weight excluding hydrogens is 170 g/mol. The van der Waals surface area contributed by atoms with E-state index < -0.39 is 8.07 Å². The lowest BCUT2D eigenvalue weighted by atomic mass is 10.5. The quantitative estimate of drug-likeness (QED) is 0.373. The molecule has 0 saturated heterocycles. The summed E-state index contributed by atoms with van der Waals surface area (Å²) in [6.07, 6.45) is 1.34. The summed E-state index contributed by atoms with van der Waals surface area (Å²) in [4.78, 5) is 0. The fourth-order valence-corrected chi connectivity index (χ4v) is 2.34. The Balaban J connectivity index is 3.02. The first kappa shape index (κ1) is 11.5. The number of thiol groups is 1. The summed E-state index contributed by atoms with van der Waals surface area (Å²) in [7, 11) is -0.776. The molecular formula is C8H21NSSi. The largest absolute Gasteiger partial charge is 0.316 e. The van der Waals surface area contributed by atoms with Gasteiger partial charge in [-0.3, -0.25) is 0 Å². The highest BCUT2D eigenvalue weighted by atomic mass is 32.1. The maximum Gasteiger partial charge on any atom is 0.0443 e. The molecule has 0 fully saturated rings. The zero-order valence-corrected chi connectivity index (χ0v) is 9.88. The molecule has 0 aromatic heterocycles. The predicted molar refractivity (Wildman–Crippen MR) is 59.5 cm³/mol. The van der Waals surface area contributed by atoms with Gasteiger partial charge in [0.1, 0.15) is 0 Å². The van der Waals surface area contributed by atoms with E-state index >= 15 is 0 Å². The van der Waals surface area contributed by atoms with Gasteiger partial charge in [-0.2, -0.15) is 12.6 Å². The monoisotopic (exact) mass is 191 g/mol. The molecule has 0 aliphatic carbocycles. The van der Waals surface area contributed by atoms with Crippen LogP contribution in [0.15, 0.2) is 0 Å². The third-order valence-corrected chi connectivity index (χ3v) is 3.65. The van der Waals surface area contributed by atoms with Crippen LogP contribution in [0.5, 0.6) is 0 Å². The summed E-state index contributed by atoms with van der Waals surface area (Å²) >= 11 is 4.13. The Labute approximate surface area is 77.4 Å². The summed E-state index contributed by atoms with van der Waals surface area (Å²) in [6.45, 7) is 9.49. The van der Waals surface area contributed by atoms with Crippen LogP contribution < -0.4 is 5.32 Å². The molecule has 0 rings (SSSR count). The van der Waals surface area contributed by atoms with Gasteiger partial charge in [0.15, 0.2) is 0 Å². The fourth-order valence-electron chi connectivity index (χ4n) is 0.948. The van der Waals surface area contributed by atoms with Crippen molar-refractivity contribution in [2.45, 2.75) is 32.1 Å². The molecule has 0 radical (unpaired) electrons.